The van der Waals surface area contributed by atoms with Crippen LogP contribution in [-0.2, 0) is 32.6 Å². The first kappa shape index (κ1) is 22.1. The molecule has 6 nitrogen and oxygen atoms in total. The molecule has 0 radical (unpaired) electrons. The molecule has 2 amide bonds. The average molecular weight is 489 g/mol. The molecule has 1 aliphatic heterocycles. The van der Waals surface area contributed by atoms with Gasteiger partial charge >= 0.3 is 0 Å². The number of amides is 2. The minimum atomic E-state index is -3.91. The van der Waals surface area contributed by atoms with Gasteiger partial charge in [-0.3, -0.25) is 9.59 Å². The molecule has 3 aromatic carbocycles. The Hall–Kier alpha value is -3.75. The van der Waals surface area contributed by atoms with E-state index in [2.05, 4.69) is 6.07 Å². The van der Waals surface area contributed by atoms with Gasteiger partial charge in [-0.1, -0.05) is 60.7 Å². The molecular weight excluding hydrogens is 468 g/mol. The van der Waals surface area contributed by atoms with E-state index >= 15 is 0 Å². The number of carbonyl (C=O) groups is 2. The zero-order valence-electron chi connectivity index (χ0n) is 18.0. The van der Waals surface area contributed by atoms with Gasteiger partial charge in [0.2, 0.25) is 5.91 Å². The maximum absolute atomic E-state index is 12.9. The molecule has 34 heavy (non-hydrogen) atoms. The minimum Gasteiger partial charge on any atom is -0.307 e. The summed E-state index contributed by atoms with van der Waals surface area (Å²) in [7, 11) is -3.91. The molecule has 0 saturated heterocycles. The number of fused-ring (bicyclic) bond motifs is 2. The van der Waals surface area contributed by atoms with Crippen molar-refractivity contribution in [2.24, 2.45) is 0 Å². The first-order valence-electron chi connectivity index (χ1n) is 10.6. The van der Waals surface area contributed by atoms with Crippen molar-refractivity contribution < 1.29 is 18.0 Å². The van der Waals surface area contributed by atoms with Gasteiger partial charge in [0.05, 0.1) is 18.7 Å². The topological polar surface area (TPSA) is 83.6 Å². The minimum absolute atomic E-state index is 0.0197. The first-order chi connectivity index (χ1) is 16.4. The van der Waals surface area contributed by atoms with Crippen LogP contribution in [-0.4, -0.2) is 20.2 Å². The maximum atomic E-state index is 12.9. The Morgan fingerprint density at radius 2 is 1.82 bits per heavy atom. The van der Waals surface area contributed by atoms with Crippen molar-refractivity contribution in [1.29, 1.82) is 0 Å². The van der Waals surface area contributed by atoms with Gasteiger partial charge in [0.1, 0.15) is 4.21 Å². The molecule has 0 bridgehead atoms. The predicted molar refractivity (Wildman–Crippen MR) is 134 cm³/mol. The lowest BCUT2D eigenvalue weighted by molar-refractivity contribution is -0.117. The molecule has 0 unspecified atom stereocenters. The second-order valence-corrected chi connectivity index (χ2v) is 10.8. The molecule has 1 N–H and O–H groups in total. The molecule has 1 aromatic heterocycles. The third-order valence-electron chi connectivity index (χ3n) is 5.63. The summed E-state index contributed by atoms with van der Waals surface area (Å²) in [5.74, 6) is -0.773. The molecule has 2 heterocycles. The lowest BCUT2D eigenvalue weighted by Crippen LogP contribution is -2.28. The number of hydrogen-bond acceptors (Lipinski definition) is 5. The standard InChI is InChI=1S/C26H20N2O4S2/c29-23(27-34(31,32)25-9-4-14-33-25)13-12-20-7-3-8-22-16-24(30)28(26(20)22)17-18-10-11-19-5-1-2-6-21(19)15-18/h1-15H,16-17H2,(H,27,29)/b13-12+. The second-order valence-electron chi connectivity index (χ2n) is 7.93. The van der Waals surface area contributed by atoms with E-state index in [0.29, 0.717) is 12.1 Å². The third kappa shape index (κ3) is 4.37. The molecule has 1 aliphatic rings. The summed E-state index contributed by atoms with van der Waals surface area (Å²) in [4.78, 5) is 26.9. The van der Waals surface area contributed by atoms with Gasteiger partial charge in [-0.05, 0) is 51.1 Å². The predicted octanol–water partition coefficient (Wildman–Crippen LogP) is 4.51. The number of sulfonamides is 1. The fraction of sp³-hybridized carbons (Fsp3) is 0.0769. The first-order valence-corrected chi connectivity index (χ1v) is 13.0. The van der Waals surface area contributed by atoms with E-state index in [1.54, 1.807) is 22.4 Å². The van der Waals surface area contributed by atoms with Crippen LogP contribution in [0.4, 0.5) is 5.69 Å². The van der Waals surface area contributed by atoms with Gasteiger partial charge < -0.3 is 4.90 Å². The van der Waals surface area contributed by atoms with Crippen LogP contribution in [0.1, 0.15) is 16.7 Å². The van der Waals surface area contributed by atoms with Gasteiger partial charge in [0.25, 0.3) is 15.9 Å². The maximum Gasteiger partial charge on any atom is 0.273 e. The highest BCUT2D eigenvalue weighted by molar-refractivity contribution is 7.92. The number of carbonyl (C=O) groups excluding carboxylic acids is 2. The molecule has 0 fully saturated rings. The quantitative estimate of drug-likeness (QED) is 0.405. The summed E-state index contributed by atoms with van der Waals surface area (Å²) in [6.07, 6.45) is 3.01. The Balaban J connectivity index is 1.40. The zero-order chi connectivity index (χ0) is 23.7. The summed E-state index contributed by atoms with van der Waals surface area (Å²) in [6, 6.07) is 22.7. The Labute approximate surface area is 201 Å². The smallest absolute Gasteiger partial charge is 0.273 e. The van der Waals surface area contributed by atoms with Crippen LogP contribution in [0.2, 0.25) is 0 Å². The number of thiophene rings is 1. The number of anilines is 1. The van der Waals surface area contributed by atoms with E-state index < -0.39 is 15.9 Å². The van der Waals surface area contributed by atoms with E-state index in [-0.39, 0.29) is 16.5 Å². The van der Waals surface area contributed by atoms with Crippen molar-refractivity contribution in [2.45, 2.75) is 17.2 Å². The van der Waals surface area contributed by atoms with E-state index in [9.17, 15) is 18.0 Å². The average Bonchev–Trinajstić information content (AvgIpc) is 3.47. The van der Waals surface area contributed by atoms with Crippen LogP contribution in [0.5, 0.6) is 0 Å². The number of hydrogen-bond donors (Lipinski definition) is 1. The number of nitrogens with one attached hydrogen (secondary N) is 1. The summed E-state index contributed by atoms with van der Waals surface area (Å²) in [5.41, 5.74) is 3.29. The van der Waals surface area contributed by atoms with Crippen LogP contribution < -0.4 is 9.62 Å². The molecule has 0 spiro atoms. The highest BCUT2D eigenvalue weighted by atomic mass is 32.2. The molecule has 0 saturated carbocycles. The van der Waals surface area contributed by atoms with Crippen molar-refractivity contribution in [3.63, 3.8) is 0 Å². The number of benzene rings is 3. The van der Waals surface area contributed by atoms with Gasteiger partial charge in [0.15, 0.2) is 0 Å². The zero-order valence-corrected chi connectivity index (χ0v) is 19.6. The highest BCUT2D eigenvalue weighted by Crippen LogP contribution is 2.35. The monoisotopic (exact) mass is 488 g/mol. The van der Waals surface area contributed by atoms with Crippen molar-refractivity contribution in [1.82, 2.24) is 4.72 Å². The SMILES string of the molecule is O=C(/C=C/c1cccc2c1N(Cc1ccc3ccccc3c1)C(=O)C2)NS(=O)(=O)c1cccs1. The largest absolute Gasteiger partial charge is 0.307 e. The van der Waals surface area contributed by atoms with Gasteiger partial charge in [-0.2, -0.15) is 0 Å². The van der Waals surface area contributed by atoms with Gasteiger partial charge in [-0.15, -0.1) is 11.3 Å². The molecule has 5 rings (SSSR count). The molecule has 170 valence electrons. The molecule has 4 aromatic rings. The van der Waals surface area contributed by atoms with E-state index in [4.69, 9.17) is 0 Å². The summed E-state index contributed by atoms with van der Waals surface area (Å²) in [6.45, 7) is 0.403. The summed E-state index contributed by atoms with van der Waals surface area (Å²) < 4.78 is 26.7. The van der Waals surface area contributed by atoms with Crippen molar-refractivity contribution in [3.05, 3.63) is 101 Å². The Kier molecular flexibility index (Phi) is 5.77. The van der Waals surface area contributed by atoms with Gasteiger partial charge in [0, 0.05) is 6.08 Å². The Morgan fingerprint density at radius 3 is 2.62 bits per heavy atom. The van der Waals surface area contributed by atoms with Crippen molar-refractivity contribution in [2.75, 3.05) is 4.90 Å². The Bertz CT molecular complexity index is 1540. The van der Waals surface area contributed by atoms with Crippen LogP contribution >= 0.6 is 11.3 Å². The summed E-state index contributed by atoms with van der Waals surface area (Å²) in [5, 5.41) is 3.86. The molecule has 0 atom stereocenters. The lowest BCUT2D eigenvalue weighted by Gasteiger charge is -2.20. The van der Waals surface area contributed by atoms with Crippen LogP contribution in [0, 0.1) is 0 Å². The second kappa shape index (κ2) is 8.89. The number of rotatable bonds is 6. The van der Waals surface area contributed by atoms with E-state index in [1.165, 1.54) is 12.1 Å². The number of nitrogens with zero attached hydrogens (tertiary/aromatic N) is 1. The molecular formula is C26H20N2O4S2. The highest BCUT2D eigenvalue weighted by Gasteiger charge is 2.29. The van der Waals surface area contributed by atoms with Gasteiger partial charge in [-0.25, -0.2) is 13.1 Å². The summed E-state index contributed by atoms with van der Waals surface area (Å²) >= 11 is 1.03. The fourth-order valence-electron chi connectivity index (χ4n) is 4.09. The van der Waals surface area contributed by atoms with Crippen LogP contribution in [0.25, 0.3) is 16.8 Å². The molecule has 8 heteroatoms. The van der Waals surface area contributed by atoms with Crippen LogP contribution in [0.3, 0.4) is 0 Å². The third-order valence-corrected chi connectivity index (χ3v) is 8.37. The van der Waals surface area contributed by atoms with E-state index in [1.807, 2.05) is 59.3 Å². The van der Waals surface area contributed by atoms with Crippen molar-refractivity contribution in [3.8, 4) is 0 Å². The normalized spacial score (nSPS) is 13.5. The molecule has 0 aliphatic carbocycles. The Morgan fingerprint density at radius 1 is 1.00 bits per heavy atom. The fourth-order valence-corrected chi connectivity index (χ4v) is 6.02. The van der Waals surface area contributed by atoms with Crippen molar-refractivity contribution >= 4 is 55.7 Å². The van der Waals surface area contributed by atoms with E-state index in [0.717, 1.165) is 38.9 Å². The number of para-hydroxylation sites is 1. The van der Waals surface area contributed by atoms with Crippen LogP contribution in [0.15, 0.2) is 88.5 Å². The lowest BCUT2D eigenvalue weighted by atomic mass is 10.1.